The van der Waals surface area contributed by atoms with Crippen LogP contribution in [-0.2, 0) is 15.5 Å². The summed E-state index contributed by atoms with van der Waals surface area (Å²) in [6, 6.07) is 24.1. The minimum Gasteiger partial charge on any atom is -0.423 e. The van der Waals surface area contributed by atoms with Crippen LogP contribution in [0.2, 0.25) is 0 Å². The summed E-state index contributed by atoms with van der Waals surface area (Å²) in [6.45, 7) is 20.9. The van der Waals surface area contributed by atoms with Crippen LogP contribution in [0.3, 0.4) is 0 Å². The maximum atomic E-state index is 11.3. The molecule has 4 heteroatoms. The molecule has 3 nitrogen and oxygen atoms in total. The van der Waals surface area contributed by atoms with Gasteiger partial charge in [-0.05, 0) is 96.3 Å². The third kappa shape index (κ3) is 9.31. The molecule has 0 spiro atoms. The highest BCUT2D eigenvalue weighted by Gasteiger charge is 2.39. The van der Waals surface area contributed by atoms with Gasteiger partial charge in [-0.15, -0.1) is 0 Å². The fourth-order valence-electron chi connectivity index (χ4n) is 5.77. The van der Waals surface area contributed by atoms with Gasteiger partial charge in [-0.3, -0.25) is 0 Å². The van der Waals surface area contributed by atoms with Gasteiger partial charge in [-0.1, -0.05) is 141 Å². The fourth-order valence-corrected chi connectivity index (χ4v) is 5.77. The number of unbranched alkanes of at least 4 members (excludes halogenated alkanes) is 4. The normalized spacial score (nSPS) is 12.9. The van der Waals surface area contributed by atoms with Crippen molar-refractivity contribution in [3.63, 3.8) is 0 Å². The fraction of sp³-hybridized carbons (Fsp3) is 0.550. The van der Waals surface area contributed by atoms with Gasteiger partial charge in [0.05, 0.1) is 11.2 Å². The van der Waals surface area contributed by atoms with E-state index in [-0.39, 0.29) is 10.8 Å². The lowest BCUT2D eigenvalue weighted by molar-refractivity contribution is -0.0982. The van der Waals surface area contributed by atoms with Gasteiger partial charge in [-0.2, -0.15) is 0 Å². The lowest BCUT2D eigenvalue weighted by atomic mass is 9.74. The quantitative estimate of drug-likeness (QED) is 0.127. The molecule has 0 aliphatic heterocycles. The number of hydrogen-bond donors (Lipinski definition) is 2. The van der Waals surface area contributed by atoms with Gasteiger partial charge >= 0.3 is 7.12 Å². The van der Waals surface area contributed by atoms with Crippen molar-refractivity contribution in [2.75, 3.05) is 0 Å². The van der Waals surface area contributed by atoms with Gasteiger partial charge < -0.3 is 14.8 Å². The van der Waals surface area contributed by atoms with E-state index in [0.717, 1.165) is 22.3 Å². The average Bonchev–Trinajstić information content (AvgIpc) is 2.96. The molecule has 0 heterocycles. The first kappa shape index (κ1) is 36.1. The summed E-state index contributed by atoms with van der Waals surface area (Å²) in [5.74, 6) is 0. The van der Waals surface area contributed by atoms with Crippen LogP contribution >= 0.6 is 0 Å². The SMILES string of the molecule is CCCCCC(C)(C)c1ccc(-c2cc(B(O)OC(C)(C)C(C)(C)O)cc(-c3ccc(C(C)(C)CCCCC)cc3)c2)cc1. The summed E-state index contributed by atoms with van der Waals surface area (Å²) >= 11 is 0. The van der Waals surface area contributed by atoms with Gasteiger partial charge in [0.15, 0.2) is 0 Å². The molecule has 0 aliphatic carbocycles. The highest BCUT2D eigenvalue weighted by Crippen LogP contribution is 2.34. The zero-order valence-corrected chi connectivity index (χ0v) is 29.4. The first-order valence-electron chi connectivity index (χ1n) is 17.0. The van der Waals surface area contributed by atoms with E-state index in [1.807, 2.05) is 26.0 Å². The second kappa shape index (κ2) is 14.8. The second-order valence-electron chi connectivity index (χ2n) is 15.2. The Morgan fingerprint density at radius 2 is 0.955 bits per heavy atom. The van der Waals surface area contributed by atoms with Crippen LogP contribution in [0.1, 0.15) is 132 Å². The highest BCUT2D eigenvalue weighted by atomic mass is 16.5. The number of rotatable bonds is 16. The molecule has 0 unspecified atom stereocenters. The van der Waals surface area contributed by atoms with Gasteiger partial charge in [0.2, 0.25) is 0 Å². The molecule has 2 N–H and O–H groups in total. The Balaban J connectivity index is 2.01. The molecule has 44 heavy (non-hydrogen) atoms. The van der Waals surface area contributed by atoms with Crippen LogP contribution < -0.4 is 5.46 Å². The summed E-state index contributed by atoms with van der Waals surface area (Å²) in [6.07, 6.45) is 9.82. The molecule has 3 rings (SSSR count). The molecule has 0 radical (unpaired) electrons. The third-order valence-electron chi connectivity index (χ3n) is 9.93. The van der Waals surface area contributed by atoms with Crippen LogP contribution in [0.4, 0.5) is 0 Å². The molecule has 0 aliphatic rings. The Kier molecular flexibility index (Phi) is 12.1. The zero-order chi connectivity index (χ0) is 32.8. The smallest absolute Gasteiger partial charge is 0.423 e. The molecule has 3 aromatic carbocycles. The maximum absolute atomic E-state index is 11.3. The summed E-state index contributed by atoms with van der Waals surface area (Å²) in [4.78, 5) is 0. The Hall–Kier alpha value is -2.40. The van der Waals surface area contributed by atoms with Crippen molar-refractivity contribution in [1.29, 1.82) is 0 Å². The number of benzene rings is 3. The van der Waals surface area contributed by atoms with Crippen LogP contribution in [-0.4, -0.2) is 28.5 Å². The molecule has 3 aromatic rings. The number of hydrogen-bond acceptors (Lipinski definition) is 3. The third-order valence-corrected chi connectivity index (χ3v) is 9.93. The molecular weight excluding hydrogens is 539 g/mol. The molecule has 0 saturated heterocycles. The highest BCUT2D eigenvalue weighted by molar-refractivity contribution is 6.60. The minimum atomic E-state index is -1.19. The largest absolute Gasteiger partial charge is 0.491 e. The van der Waals surface area contributed by atoms with E-state index < -0.39 is 18.3 Å². The first-order chi connectivity index (χ1) is 20.5. The minimum absolute atomic E-state index is 0.124. The van der Waals surface area contributed by atoms with Crippen LogP contribution in [0.15, 0.2) is 66.7 Å². The van der Waals surface area contributed by atoms with Crippen molar-refractivity contribution >= 4 is 12.6 Å². The molecule has 0 bridgehead atoms. The monoisotopic (exact) mass is 598 g/mol. The van der Waals surface area contributed by atoms with E-state index in [2.05, 4.69) is 96.1 Å². The van der Waals surface area contributed by atoms with E-state index in [1.165, 1.54) is 62.5 Å². The predicted molar refractivity (Wildman–Crippen MR) is 191 cm³/mol. The van der Waals surface area contributed by atoms with Gasteiger partial charge in [-0.25, -0.2) is 0 Å². The first-order valence-corrected chi connectivity index (χ1v) is 17.0. The Labute approximate surface area is 269 Å². The molecule has 0 saturated carbocycles. The summed E-state index contributed by atoms with van der Waals surface area (Å²) in [5, 5.41) is 22.0. The van der Waals surface area contributed by atoms with Gasteiger partial charge in [0, 0.05) is 0 Å². The summed E-state index contributed by atoms with van der Waals surface area (Å²) < 4.78 is 6.10. The molecule has 0 fully saturated rings. The standard InChI is InChI=1S/C40H59BO3/c1-11-13-15-25-37(3,4)34-21-17-30(18-22-34)32-27-33(29-36(28-32)41(43)44-40(9,10)39(7,8)42)31-19-23-35(24-20-31)38(5,6)26-16-14-12-2/h17-24,27-29,42-43H,11-16,25-26H2,1-10H3. The van der Waals surface area contributed by atoms with Crippen LogP contribution in [0.5, 0.6) is 0 Å². The van der Waals surface area contributed by atoms with E-state index >= 15 is 0 Å². The molecule has 0 amide bonds. The molecule has 0 aromatic heterocycles. The topological polar surface area (TPSA) is 49.7 Å². The van der Waals surface area contributed by atoms with Crippen LogP contribution in [0.25, 0.3) is 22.3 Å². The molecular formula is C40H59BO3. The van der Waals surface area contributed by atoms with Crippen molar-refractivity contribution < 1.29 is 14.8 Å². The van der Waals surface area contributed by atoms with E-state index in [9.17, 15) is 10.1 Å². The Morgan fingerprint density at radius 3 is 1.30 bits per heavy atom. The average molecular weight is 599 g/mol. The Bertz CT molecular complexity index is 1230. The lowest BCUT2D eigenvalue weighted by Crippen LogP contribution is -2.53. The van der Waals surface area contributed by atoms with Crippen molar-refractivity contribution in [1.82, 2.24) is 0 Å². The molecule has 0 atom stereocenters. The van der Waals surface area contributed by atoms with Crippen molar-refractivity contribution in [2.45, 2.75) is 143 Å². The van der Waals surface area contributed by atoms with E-state index in [0.29, 0.717) is 5.46 Å². The van der Waals surface area contributed by atoms with Crippen molar-refractivity contribution in [2.24, 2.45) is 0 Å². The predicted octanol–water partition coefficient (Wildman–Crippen LogP) is 9.99. The van der Waals surface area contributed by atoms with E-state index in [1.54, 1.807) is 13.8 Å². The van der Waals surface area contributed by atoms with Crippen molar-refractivity contribution in [3.8, 4) is 22.3 Å². The summed E-state index contributed by atoms with van der Waals surface area (Å²) in [7, 11) is -1.19. The van der Waals surface area contributed by atoms with E-state index in [4.69, 9.17) is 4.65 Å². The Morgan fingerprint density at radius 1 is 0.568 bits per heavy atom. The lowest BCUT2D eigenvalue weighted by Gasteiger charge is -2.38. The van der Waals surface area contributed by atoms with Gasteiger partial charge in [0.25, 0.3) is 0 Å². The molecule has 240 valence electrons. The maximum Gasteiger partial charge on any atom is 0.491 e. The second-order valence-corrected chi connectivity index (χ2v) is 15.2. The van der Waals surface area contributed by atoms with Gasteiger partial charge in [0.1, 0.15) is 0 Å². The van der Waals surface area contributed by atoms with Crippen molar-refractivity contribution in [3.05, 3.63) is 77.9 Å². The van der Waals surface area contributed by atoms with Crippen LogP contribution in [0, 0.1) is 0 Å². The zero-order valence-electron chi connectivity index (χ0n) is 29.4. The summed E-state index contributed by atoms with van der Waals surface area (Å²) in [5.41, 5.74) is 5.78. The number of aliphatic hydroxyl groups is 1.